The second kappa shape index (κ2) is 6.64. The maximum atomic E-state index is 6.09. The van der Waals surface area contributed by atoms with E-state index in [9.17, 15) is 0 Å². The van der Waals surface area contributed by atoms with Gasteiger partial charge in [0.25, 0.3) is 0 Å². The molecule has 0 amide bonds. The van der Waals surface area contributed by atoms with Crippen molar-refractivity contribution in [2.24, 2.45) is 0 Å². The fraction of sp³-hybridized carbons (Fsp3) is 0.222. The van der Waals surface area contributed by atoms with Crippen molar-refractivity contribution in [2.75, 3.05) is 18.6 Å². The molecule has 0 fully saturated rings. The third-order valence-electron chi connectivity index (χ3n) is 4.16. The highest BCUT2D eigenvalue weighted by molar-refractivity contribution is 6.29. The summed E-state index contributed by atoms with van der Waals surface area (Å²) in [5.41, 5.74) is 3.95. The minimum atomic E-state index is 0.418. The lowest BCUT2D eigenvalue weighted by atomic mass is 10.1. The van der Waals surface area contributed by atoms with Crippen LogP contribution in [0.5, 0.6) is 5.88 Å². The highest BCUT2D eigenvalue weighted by Gasteiger charge is 2.20. The molecule has 3 aromatic rings. The Morgan fingerprint density at radius 3 is 2.88 bits per heavy atom. The maximum Gasteiger partial charge on any atom is 0.216 e. The number of pyridine rings is 2. The monoisotopic (exact) mass is 353 g/mol. The van der Waals surface area contributed by atoms with Gasteiger partial charge in [0.2, 0.25) is 5.88 Å². The van der Waals surface area contributed by atoms with E-state index in [1.54, 1.807) is 13.3 Å². The molecule has 126 valence electrons. The van der Waals surface area contributed by atoms with Crippen LogP contribution >= 0.6 is 11.6 Å². The summed E-state index contributed by atoms with van der Waals surface area (Å²) >= 11 is 6.09. The van der Waals surface area contributed by atoms with Crippen LogP contribution in [0.1, 0.15) is 11.3 Å². The smallest absolute Gasteiger partial charge is 0.216 e. The van der Waals surface area contributed by atoms with Crippen LogP contribution in [0.3, 0.4) is 0 Å². The van der Waals surface area contributed by atoms with E-state index >= 15 is 0 Å². The van der Waals surface area contributed by atoms with Gasteiger partial charge in [-0.25, -0.2) is 15.0 Å². The van der Waals surface area contributed by atoms with Crippen LogP contribution < -0.4 is 9.64 Å². The van der Waals surface area contributed by atoms with Crippen LogP contribution in [-0.4, -0.2) is 33.6 Å². The number of ether oxygens (including phenoxy) is 1. The van der Waals surface area contributed by atoms with E-state index < -0.39 is 0 Å². The molecule has 7 heteroatoms. The van der Waals surface area contributed by atoms with Crippen molar-refractivity contribution in [2.45, 2.75) is 13.0 Å². The minimum Gasteiger partial charge on any atom is -0.481 e. The highest BCUT2D eigenvalue weighted by atomic mass is 35.5. The van der Waals surface area contributed by atoms with Crippen molar-refractivity contribution in [3.05, 3.63) is 59.1 Å². The van der Waals surface area contributed by atoms with Gasteiger partial charge in [0.05, 0.1) is 12.8 Å². The minimum absolute atomic E-state index is 0.418. The van der Waals surface area contributed by atoms with Crippen molar-refractivity contribution in [3.63, 3.8) is 0 Å². The van der Waals surface area contributed by atoms with Gasteiger partial charge in [-0.05, 0) is 18.2 Å². The third kappa shape index (κ3) is 3.25. The van der Waals surface area contributed by atoms with Gasteiger partial charge in [-0.2, -0.15) is 0 Å². The van der Waals surface area contributed by atoms with Crippen molar-refractivity contribution in [1.29, 1.82) is 0 Å². The van der Waals surface area contributed by atoms with E-state index in [2.05, 4.69) is 19.9 Å². The molecule has 6 nitrogen and oxygen atoms in total. The second-order valence-electron chi connectivity index (χ2n) is 5.74. The Kier molecular flexibility index (Phi) is 4.19. The van der Waals surface area contributed by atoms with Crippen LogP contribution in [0.2, 0.25) is 5.15 Å². The SMILES string of the molecule is COc1cc(N2CCc3nc(-c4ccccn4)ncc3C2)cc(Cl)n1. The fourth-order valence-electron chi connectivity index (χ4n) is 2.90. The van der Waals surface area contributed by atoms with E-state index in [-0.39, 0.29) is 0 Å². The van der Waals surface area contributed by atoms with Crippen molar-refractivity contribution < 1.29 is 4.74 Å². The number of hydrogen-bond donors (Lipinski definition) is 0. The lowest BCUT2D eigenvalue weighted by Crippen LogP contribution is -2.31. The van der Waals surface area contributed by atoms with E-state index in [0.29, 0.717) is 16.9 Å². The summed E-state index contributed by atoms with van der Waals surface area (Å²) in [4.78, 5) is 19.8. The zero-order valence-electron chi connectivity index (χ0n) is 13.7. The Hall–Kier alpha value is -2.73. The average Bonchev–Trinajstić information content (AvgIpc) is 2.67. The van der Waals surface area contributed by atoms with E-state index in [1.807, 2.05) is 36.5 Å². The Bertz CT molecular complexity index is 903. The molecular weight excluding hydrogens is 338 g/mol. The molecule has 1 aliphatic rings. The molecule has 4 heterocycles. The molecule has 0 saturated heterocycles. The molecule has 0 atom stereocenters. The first-order valence-electron chi connectivity index (χ1n) is 7.95. The zero-order valence-corrected chi connectivity index (χ0v) is 14.4. The van der Waals surface area contributed by atoms with Gasteiger partial charge in [-0.3, -0.25) is 4.98 Å². The lowest BCUT2D eigenvalue weighted by Gasteiger charge is -2.30. The fourth-order valence-corrected chi connectivity index (χ4v) is 3.10. The molecule has 0 saturated carbocycles. The van der Waals surface area contributed by atoms with Crippen molar-refractivity contribution in [1.82, 2.24) is 19.9 Å². The van der Waals surface area contributed by atoms with Gasteiger partial charge in [0.15, 0.2) is 5.82 Å². The van der Waals surface area contributed by atoms with Crippen LogP contribution in [0, 0.1) is 0 Å². The number of fused-ring (bicyclic) bond motifs is 1. The summed E-state index contributed by atoms with van der Waals surface area (Å²) in [5, 5.41) is 0.418. The van der Waals surface area contributed by atoms with Crippen LogP contribution in [0.25, 0.3) is 11.5 Å². The summed E-state index contributed by atoms with van der Waals surface area (Å²) in [6, 6.07) is 9.47. The summed E-state index contributed by atoms with van der Waals surface area (Å²) in [5.74, 6) is 1.18. The molecule has 0 N–H and O–H groups in total. The van der Waals surface area contributed by atoms with Gasteiger partial charge in [-0.15, -0.1) is 0 Å². The Labute approximate surface area is 150 Å². The molecule has 1 aliphatic heterocycles. The number of halogens is 1. The van der Waals surface area contributed by atoms with Gasteiger partial charge < -0.3 is 9.64 Å². The number of methoxy groups -OCH3 is 1. The Morgan fingerprint density at radius 1 is 1.16 bits per heavy atom. The molecule has 0 aromatic carbocycles. The van der Waals surface area contributed by atoms with Crippen molar-refractivity contribution >= 4 is 17.3 Å². The van der Waals surface area contributed by atoms with Gasteiger partial charge in [-0.1, -0.05) is 17.7 Å². The molecule has 0 spiro atoms. The number of hydrogen-bond acceptors (Lipinski definition) is 6. The third-order valence-corrected chi connectivity index (χ3v) is 4.35. The summed E-state index contributed by atoms with van der Waals surface area (Å²) in [6.45, 7) is 1.57. The molecule has 0 radical (unpaired) electrons. The number of anilines is 1. The predicted octanol–water partition coefficient (Wildman–Crippen LogP) is 3.16. The molecule has 25 heavy (non-hydrogen) atoms. The summed E-state index contributed by atoms with van der Waals surface area (Å²) in [7, 11) is 1.58. The normalized spacial score (nSPS) is 13.4. The first kappa shape index (κ1) is 15.8. The molecule has 0 bridgehead atoms. The maximum absolute atomic E-state index is 6.09. The van der Waals surface area contributed by atoms with Crippen LogP contribution in [0.15, 0.2) is 42.7 Å². The Balaban J connectivity index is 1.61. The first-order valence-corrected chi connectivity index (χ1v) is 8.33. The predicted molar refractivity (Wildman–Crippen MR) is 95.8 cm³/mol. The molecular formula is C18H16ClN5O. The highest BCUT2D eigenvalue weighted by Crippen LogP contribution is 2.28. The Morgan fingerprint density at radius 2 is 2.08 bits per heavy atom. The molecule has 4 rings (SSSR count). The molecule has 0 unspecified atom stereocenters. The zero-order chi connectivity index (χ0) is 17.2. The van der Waals surface area contributed by atoms with E-state index in [4.69, 9.17) is 21.3 Å². The number of nitrogens with zero attached hydrogens (tertiary/aromatic N) is 5. The quantitative estimate of drug-likeness (QED) is 0.674. The van der Waals surface area contributed by atoms with Crippen LogP contribution in [-0.2, 0) is 13.0 Å². The second-order valence-corrected chi connectivity index (χ2v) is 6.13. The summed E-state index contributed by atoms with van der Waals surface area (Å²) in [6.07, 6.45) is 4.47. The van der Waals surface area contributed by atoms with Crippen molar-refractivity contribution in [3.8, 4) is 17.4 Å². The largest absolute Gasteiger partial charge is 0.481 e. The number of aromatic nitrogens is 4. The van der Waals surface area contributed by atoms with Gasteiger partial charge in [0.1, 0.15) is 10.8 Å². The number of rotatable bonds is 3. The summed E-state index contributed by atoms with van der Waals surface area (Å²) < 4.78 is 5.21. The lowest BCUT2D eigenvalue weighted by molar-refractivity contribution is 0.398. The van der Waals surface area contributed by atoms with Gasteiger partial charge >= 0.3 is 0 Å². The molecule has 3 aromatic heterocycles. The standard InChI is InChI=1S/C18H16ClN5O/c1-25-17-9-13(8-16(19)23-17)24-7-5-14-12(11-24)10-21-18(22-14)15-4-2-3-6-20-15/h2-4,6,8-10H,5,7,11H2,1H3. The van der Waals surface area contributed by atoms with Gasteiger partial charge in [0, 0.05) is 49.2 Å². The first-order chi connectivity index (χ1) is 12.2. The van der Waals surface area contributed by atoms with E-state index in [0.717, 1.165) is 42.1 Å². The van der Waals surface area contributed by atoms with Crippen LogP contribution in [0.4, 0.5) is 5.69 Å². The topological polar surface area (TPSA) is 64.0 Å². The molecule has 0 aliphatic carbocycles. The average molecular weight is 354 g/mol. The van der Waals surface area contributed by atoms with E-state index in [1.165, 1.54) is 0 Å².